The zero-order valence-electron chi connectivity index (χ0n) is 15.5. The topological polar surface area (TPSA) is 96.2 Å². The number of Topliss-reactive ketones (excluding diaryl/α,β-unsaturated/α-hetero) is 1. The van der Waals surface area contributed by atoms with Crippen LogP contribution in [0.2, 0.25) is 0 Å². The van der Waals surface area contributed by atoms with Gasteiger partial charge >= 0.3 is 0 Å². The van der Waals surface area contributed by atoms with Crippen LogP contribution in [0.5, 0.6) is 23.0 Å². The highest BCUT2D eigenvalue weighted by Crippen LogP contribution is 2.48. The number of hydrogen-bond donors (Lipinski definition) is 3. The first-order chi connectivity index (χ1) is 13.0. The summed E-state index contributed by atoms with van der Waals surface area (Å²) in [7, 11) is 2.92. The van der Waals surface area contributed by atoms with E-state index in [0.717, 1.165) is 5.56 Å². The molecule has 0 aromatic heterocycles. The number of phenols is 2. The van der Waals surface area contributed by atoms with E-state index in [1.165, 1.54) is 20.3 Å². The van der Waals surface area contributed by atoms with Gasteiger partial charge in [-0.1, -0.05) is 6.07 Å². The monoisotopic (exact) mass is 372 g/mol. The van der Waals surface area contributed by atoms with Crippen molar-refractivity contribution < 1.29 is 29.6 Å². The second kappa shape index (κ2) is 7.88. The molecule has 0 saturated heterocycles. The van der Waals surface area contributed by atoms with Gasteiger partial charge in [0.05, 0.1) is 14.2 Å². The maximum atomic E-state index is 12.1. The molecular weight excluding hydrogens is 348 g/mol. The van der Waals surface area contributed by atoms with Crippen molar-refractivity contribution in [2.24, 2.45) is 0 Å². The molecule has 1 atom stereocenters. The fourth-order valence-corrected chi connectivity index (χ4v) is 3.51. The highest BCUT2D eigenvalue weighted by Gasteiger charge is 2.24. The first-order valence-corrected chi connectivity index (χ1v) is 8.96. The lowest BCUT2D eigenvalue weighted by atomic mass is 9.95. The van der Waals surface area contributed by atoms with Crippen molar-refractivity contribution in [3.05, 3.63) is 35.4 Å². The number of aliphatic hydroxyl groups is 1. The highest BCUT2D eigenvalue weighted by atomic mass is 16.5. The lowest BCUT2D eigenvalue weighted by Gasteiger charge is -2.18. The highest BCUT2D eigenvalue weighted by molar-refractivity contribution is 5.84. The average Bonchev–Trinajstić information content (AvgIpc) is 2.67. The van der Waals surface area contributed by atoms with Crippen molar-refractivity contribution >= 4 is 5.78 Å². The molecule has 0 unspecified atom stereocenters. The van der Waals surface area contributed by atoms with E-state index in [4.69, 9.17) is 9.47 Å². The van der Waals surface area contributed by atoms with Crippen molar-refractivity contribution in [1.82, 2.24) is 0 Å². The summed E-state index contributed by atoms with van der Waals surface area (Å²) in [6.45, 7) is 0. The van der Waals surface area contributed by atoms with Crippen molar-refractivity contribution in [1.29, 1.82) is 0 Å². The van der Waals surface area contributed by atoms with E-state index < -0.39 is 6.10 Å². The molecule has 4 bridgehead atoms. The Morgan fingerprint density at radius 1 is 0.963 bits per heavy atom. The van der Waals surface area contributed by atoms with E-state index in [0.29, 0.717) is 41.7 Å². The minimum atomic E-state index is -1.07. The van der Waals surface area contributed by atoms with Crippen LogP contribution < -0.4 is 9.47 Å². The summed E-state index contributed by atoms with van der Waals surface area (Å²) in [6.07, 6.45) is 1.20. The standard InChI is InChI=1S/C21H24O6/c1-26-20-15-11-13(19(25)21(20)27-2)5-3-4-6-17(23)18(24)10-12-7-8-16(22)14(15)9-12/h7-9,11,18,22,24-25H,3-6,10H2,1-2H3/t18-/m0/s1. The van der Waals surface area contributed by atoms with E-state index in [2.05, 4.69) is 0 Å². The van der Waals surface area contributed by atoms with Crippen molar-refractivity contribution in [3.63, 3.8) is 0 Å². The number of carbonyl (C=O) groups excluding carboxylic acids is 1. The Labute approximate surface area is 158 Å². The lowest BCUT2D eigenvalue weighted by molar-refractivity contribution is -0.127. The van der Waals surface area contributed by atoms with Gasteiger partial charge in [-0.25, -0.2) is 0 Å². The SMILES string of the molecule is COc1c2cc(c(O)c1OC)CCCCC(=O)[C@@H](O)Cc1ccc(O)c-2c1. The number of methoxy groups -OCH3 is 2. The van der Waals surface area contributed by atoms with Crippen molar-refractivity contribution in [2.45, 2.75) is 38.2 Å². The fourth-order valence-electron chi connectivity index (χ4n) is 3.51. The Kier molecular flexibility index (Phi) is 5.56. The number of aliphatic hydroxyl groups excluding tert-OH is 1. The summed E-state index contributed by atoms with van der Waals surface area (Å²) >= 11 is 0. The minimum Gasteiger partial charge on any atom is -0.507 e. The average molecular weight is 372 g/mol. The van der Waals surface area contributed by atoms with Gasteiger partial charge in [0.2, 0.25) is 5.75 Å². The van der Waals surface area contributed by atoms with Gasteiger partial charge in [-0.3, -0.25) is 4.79 Å². The first-order valence-electron chi connectivity index (χ1n) is 8.96. The maximum absolute atomic E-state index is 12.1. The molecular formula is C21H24O6. The van der Waals surface area contributed by atoms with Crippen molar-refractivity contribution in [3.8, 4) is 34.1 Å². The van der Waals surface area contributed by atoms with E-state index in [9.17, 15) is 20.1 Å². The number of fused-ring (bicyclic) bond motifs is 5. The molecule has 3 N–H and O–H groups in total. The molecule has 27 heavy (non-hydrogen) atoms. The normalized spacial score (nSPS) is 17.4. The molecule has 6 nitrogen and oxygen atoms in total. The van der Waals surface area contributed by atoms with Gasteiger partial charge in [0.15, 0.2) is 17.3 Å². The van der Waals surface area contributed by atoms with E-state index in [1.807, 2.05) is 0 Å². The van der Waals surface area contributed by atoms with Crippen LogP contribution >= 0.6 is 0 Å². The molecule has 1 aliphatic rings. The summed E-state index contributed by atoms with van der Waals surface area (Å²) in [5.74, 6) is 0.356. The Balaban J connectivity index is 2.24. The Bertz CT molecular complexity index is 858. The largest absolute Gasteiger partial charge is 0.507 e. The number of rotatable bonds is 2. The molecule has 2 aromatic rings. The number of aryl methyl sites for hydroxylation is 1. The van der Waals surface area contributed by atoms with E-state index >= 15 is 0 Å². The molecule has 0 saturated carbocycles. The molecule has 0 amide bonds. The molecule has 144 valence electrons. The molecule has 0 aliphatic heterocycles. The van der Waals surface area contributed by atoms with Crippen LogP contribution in [-0.4, -0.2) is 41.4 Å². The minimum absolute atomic E-state index is 0.00465. The van der Waals surface area contributed by atoms with Crippen LogP contribution in [-0.2, 0) is 17.6 Å². The quantitative estimate of drug-likeness (QED) is 0.750. The second-order valence-electron chi connectivity index (χ2n) is 6.74. The summed E-state index contributed by atoms with van der Waals surface area (Å²) in [4.78, 5) is 12.1. The summed E-state index contributed by atoms with van der Waals surface area (Å²) in [5, 5.41) is 31.2. The molecule has 6 heteroatoms. The van der Waals surface area contributed by atoms with Crippen LogP contribution in [0.1, 0.15) is 30.4 Å². The number of aromatic hydroxyl groups is 2. The number of hydrogen-bond acceptors (Lipinski definition) is 6. The number of phenolic OH excluding ortho intramolecular Hbond substituents is 2. The van der Waals surface area contributed by atoms with Crippen LogP contribution in [0.25, 0.3) is 11.1 Å². The number of benzene rings is 2. The number of ketones is 1. The lowest BCUT2D eigenvalue weighted by Crippen LogP contribution is -2.22. The zero-order chi connectivity index (χ0) is 19.6. The number of carbonyl (C=O) groups is 1. The summed E-state index contributed by atoms with van der Waals surface area (Å²) in [6, 6.07) is 6.72. The van der Waals surface area contributed by atoms with Crippen LogP contribution in [0, 0.1) is 0 Å². The molecule has 0 fully saturated rings. The third-order valence-electron chi connectivity index (χ3n) is 4.97. The van der Waals surface area contributed by atoms with Gasteiger partial charge < -0.3 is 24.8 Å². The van der Waals surface area contributed by atoms with Gasteiger partial charge in [-0.15, -0.1) is 0 Å². The van der Waals surface area contributed by atoms with Gasteiger partial charge in [-0.2, -0.15) is 0 Å². The smallest absolute Gasteiger partial charge is 0.203 e. The van der Waals surface area contributed by atoms with E-state index in [1.54, 1.807) is 18.2 Å². The van der Waals surface area contributed by atoms with Gasteiger partial charge in [-0.05, 0) is 48.6 Å². The predicted octanol–water partition coefficient (Wildman–Crippen LogP) is 2.98. The molecule has 1 aliphatic carbocycles. The summed E-state index contributed by atoms with van der Waals surface area (Å²) in [5.41, 5.74) is 2.45. The van der Waals surface area contributed by atoms with Crippen LogP contribution in [0.3, 0.4) is 0 Å². The second-order valence-corrected chi connectivity index (χ2v) is 6.74. The first kappa shape index (κ1) is 19.0. The Morgan fingerprint density at radius 3 is 2.37 bits per heavy atom. The summed E-state index contributed by atoms with van der Waals surface area (Å²) < 4.78 is 10.8. The maximum Gasteiger partial charge on any atom is 0.203 e. The fraction of sp³-hybridized carbons (Fsp3) is 0.381. The third kappa shape index (κ3) is 3.71. The molecule has 0 spiro atoms. The van der Waals surface area contributed by atoms with Gasteiger partial charge in [0.1, 0.15) is 11.9 Å². The Morgan fingerprint density at radius 2 is 1.67 bits per heavy atom. The van der Waals surface area contributed by atoms with Crippen LogP contribution in [0.4, 0.5) is 0 Å². The Hall–Kier alpha value is -2.73. The molecule has 3 rings (SSSR count). The van der Waals surface area contributed by atoms with E-state index in [-0.39, 0.29) is 35.9 Å². The van der Waals surface area contributed by atoms with Crippen LogP contribution in [0.15, 0.2) is 24.3 Å². The van der Waals surface area contributed by atoms with Gasteiger partial charge in [0.25, 0.3) is 0 Å². The third-order valence-corrected chi connectivity index (χ3v) is 4.97. The van der Waals surface area contributed by atoms with Crippen molar-refractivity contribution in [2.75, 3.05) is 14.2 Å². The molecule has 0 radical (unpaired) electrons. The molecule has 2 aromatic carbocycles. The zero-order valence-corrected chi connectivity index (χ0v) is 15.5. The van der Waals surface area contributed by atoms with Gasteiger partial charge in [0, 0.05) is 24.0 Å². The number of ether oxygens (including phenoxy) is 2. The predicted molar refractivity (Wildman–Crippen MR) is 101 cm³/mol. The molecule has 0 heterocycles.